The average Bonchev–Trinajstić information content (AvgIpc) is 3.31. The van der Waals surface area contributed by atoms with Crippen LogP contribution >= 0.6 is 0 Å². The third-order valence-electron chi connectivity index (χ3n) is 6.74. The Balaban J connectivity index is 1.88. The molecule has 164 valence electrons. The van der Waals surface area contributed by atoms with Crippen LogP contribution in [0.1, 0.15) is 34.3 Å². The number of rotatable bonds is 5. The lowest BCUT2D eigenvalue weighted by Crippen LogP contribution is -2.54. The highest BCUT2D eigenvalue weighted by Crippen LogP contribution is 2.51. The average molecular weight is 424 g/mol. The van der Waals surface area contributed by atoms with E-state index >= 15 is 0 Å². The molecule has 4 rings (SSSR count). The lowest BCUT2D eigenvalue weighted by Gasteiger charge is -2.45. The summed E-state index contributed by atoms with van der Waals surface area (Å²) in [5.41, 5.74) is 15.2. The maximum Gasteiger partial charge on any atom is 0.251 e. The van der Waals surface area contributed by atoms with E-state index in [-0.39, 0.29) is 29.8 Å². The highest BCUT2D eigenvalue weighted by Gasteiger charge is 2.52. The van der Waals surface area contributed by atoms with E-state index in [4.69, 9.17) is 5.73 Å². The van der Waals surface area contributed by atoms with Crippen molar-refractivity contribution in [1.82, 2.24) is 21.6 Å². The van der Waals surface area contributed by atoms with E-state index in [0.29, 0.717) is 24.1 Å². The monoisotopic (exact) mass is 423 g/mol. The quantitative estimate of drug-likeness (QED) is 0.479. The van der Waals surface area contributed by atoms with Gasteiger partial charge in [0.15, 0.2) is 6.17 Å². The molecular weight excluding hydrogens is 394 g/mol. The fourth-order valence-electron chi connectivity index (χ4n) is 5.34. The molecule has 1 aliphatic heterocycles. The number of likely N-dealkylation sites (N-methyl/N-ethyl adjacent to an activating group) is 1. The minimum atomic E-state index is -0.485. The summed E-state index contributed by atoms with van der Waals surface area (Å²) in [6, 6.07) is 5.88. The molecule has 4 atom stereocenters. The first kappa shape index (κ1) is 21.2. The Labute approximate surface area is 181 Å². The highest BCUT2D eigenvalue weighted by molar-refractivity contribution is 5.96. The van der Waals surface area contributed by atoms with E-state index in [1.165, 1.54) is 0 Å². The predicted octanol–water partition coefficient (Wildman–Crippen LogP) is 0.855. The van der Waals surface area contributed by atoms with Crippen molar-refractivity contribution < 1.29 is 9.59 Å². The van der Waals surface area contributed by atoms with Crippen LogP contribution in [0.5, 0.6) is 0 Å². The number of aryl methyl sites for hydroxylation is 1. The Morgan fingerprint density at radius 3 is 2.74 bits per heavy atom. The Hall–Kier alpha value is -3.04. The molecule has 0 saturated heterocycles. The molecule has 3 aliphatic rings. The van der Waals surface area contributed by atoms with Gasteiger partial charge in [-0.05, 0) is 60.9 Å². The first-order valence-corrected chi connectivity index (χ1v) is 10.6. The molecule has 0 spiro atoms. The van der Waals surface area contributed by atoms with Gasteiger partial charge in [0.1, 0.15) is 0 Å². The van der Waals surface area contributed by atoms with Gasteiger partial charge in [-0.3, -0.25) is 9.59 Å². The molecule has 0 fully saturated rings. The lowest BCUT2D eigenvalue weighted by molar-refractivity contribution is -0.116. The molecule has 2 aliphatic carbocycles. The zero-order valence-electron chi connectivity index (χ0n) is 17.8. The first-order chi connectivity index (χ1) is 15.0. The van der Waals surface area contributed by atoms with Crippen LogP contribution in [0.4, 0.5) is 0 Å². The molecule has 31 heavy (non-hydrogen) atoms. The van der Waals surface area contributed by atoms with E-state index in [0.717, 1.165) is 24.0 Å². The number of hydrazine groups is 1. The smallest absolute Gasteiger partial charge is 0.251 e. The van der Waals surface area contributed by atoms with Gasteiger partial charge in [-0.25, -0.2) is 5.53 Å². The van der Waals surface area contributed by atoms with E-state index in [1.54, 1.807) is 14.1 Å². The zero-order chi connectivity index (χ0) is 22.0. The lowest BCUT2D eigenvalue weighted by atomic mass is 9.60. The summed E-state index contributed by atoms with van der Waals surface area (Å²) in [6.45, 7) is 0.466. The Morgan fingerprint density at radius 2 is 2.06 bits per heavy atom. The van der Waals surface area contributed by atoms with Crippen molar-refractivity contribution in [3.8, 4) is 0 Å². The number of benzene rings is 1. The van der Waals surface area contributed by atoms with Gasteiger partial charge in [-0.1, -0.05) is 29.5 Å². The summed E-state index contributed by atoms with van der Waals surface area (Å²) >= 11 is 0. The van der Waals surface area contributed by atoms with Crippen LogP contribution in [0.2, 0.25) is 0 Å². The standard InChI is InChI=1S/C22H29N7O2/c1-24-19(30)15-5-7-17-13(11-15)3-4-14-12-16(20(31)25-2)6-8-18(14)22(17,9-10-23)21-26-28-29-27-21/h5-8,11-13,17,21H,3-4,9-10,23H2,1-2H3,(H,24,30)(H,25,31)(H,26,29)(H,27,28). The van der Waals surface area contributed by atoms with Crippen LogP contribution in [0, 0.1) is 11.8 Å². The topological polar surface area (TPSA) is 133 Å². The third kappa shape index (κ3) is 3.53. The number of fused-ring (bicyclic) bond motifs is 2. The molecule has 4 unspecified atom stereocenters. The minimum absolute atomic E-state index is 0.0629. The predicted molar refractivity (Wildman–Crippen MR) is 117 cm³/mol. The molecule has 0 saturated carbocycles. The molecule has 6 N–H and O–H groups in total. The summed E-state index contributed by atoms with van der Waals surface area (Å²) in [7, 11) is 3.27. The molecule has 1 heterocycles. The van der Waals surface area contributed by atoms with Crippen LogP contribution in [-0.4, -0.2) is 38.6 Å². The normalized spacial score (nSPS) is 28.6. The van der Waals surface area contributed by atoms with Crippen molar-refractivity contribution in [1.29, 1.82) is 0 Å². The molecule has 0 bridgehead atoms. The maximum atomic E-state index is 12.3. The third-order valence-corrected chi connectivity index (χ3v) is 6.74. The van der Waals surface area contributed by atoms with Crippen molar-refractivity contribution in [2.45, 2.75) is 30.8 Å². The Bertz CT molecular complexity index is 971. The van der Waals surface area contributed by atoms with Gasteiger partial charge in [-0.15, -0.1) is 5.11 Å². The van der Waals surface area contributed by atoms with Crippen molar-refractivity contribution in [2.24, 2.45) is 27.9 Å². The van der Waals surface area contributed by atoms with Gasteiger partial charge in [0.05, 0.1) is 0 Å². The van der Waals surface area contributed by atoms with E-state index < -0.39 is 5.41 Å². The van der Waals surface area contributed by atoms with Gasteiger partial charge in [-0.2, -0.15) is 5.43 Å². The molecule has 0 aromatic heterocycles. The fraction of sp³-hybridized carbons (Fsp3) is 0.455. The Kier molecular flexibility index (Phi) is 5.88. The number of hydrogen-bond acceptors (Lipinski definition) is 7. The molecular formula is C22H29N7O2. The van der Waals surface area contributed by atoms with Crippen LogP contribution in [0.25, 0.3) is 0 Å². The van der Waals surface area contributed by atoms with E-state index in [1.807, 2.05) is 24.3 Å². The zero-order valence-corrected chi connectivity index (χ0v) is 17.8. The molecule has 9 nitrogen and oxygen atoms in total. The van der Waals surface area contributed by atoms with Crippen LogP contribution in [0.3, 0.4) is 0 Å². The van der Waals surface area contributed by atoms with Crippen LogP contribution < -0.4 is 27.3 Å². The second-order valence-electron chi connectivity index (χ2n) is 8.19. The first-order valence-electron chi connectivity index (χ1n) is 10.6. The second-order valence-corrected chi connectivity index (χ2v) is 8.19. The van der Waals surface area contributed by atoms with Crippen molar-refractivity contribution in [3.63, 3.8) is 0 Å². The van der Waals surface area contributed by atoms with Crippen molar-refractivity contribution in [3.05, 3.63) is 58.7 Å². The van der Waals surface area contributed by atoms with Gasteiger partial charge in [0.25, 0.3) is 11.8 Å². The second kappa shape index (κ2) is 8.60. The van der Waals surface area contributed by atoms with Crippen molar-refractivity contribution >= 4 is 11.8 Å². The number of nitrogens with one attached hydrogen (secondary N) is 4. The molecule has 2 amide bonds. The molecule has 9 heteroatoms. The van der Waals surface area contributed by atoms with E-state index in [2.05, 4.69) is 44.1 Å². The van der Waals surface area contributed by atoms with E-state index in [9.17, 15) is 9.59 Å². The number of nitrogens with zero attached hydrogens (tertiary/aromatic N) is 2. The highest BCUT2D eigenvalue weighted by atomic mass is 16.2. The van der Waals surface area contributed by atoms with Gasteiger partial charge in [0, 0.05) is 30.6 Å². The Morgan fingerprint density at radius 1 is 1.26 bits per heavy atom. The summed E-state index contributed by atoms with van der Waals surface area (Å²) < 4.78 is 0. The van der Waals surface area contributed by atoms with Crippen molar-refractivity contribution in [2.75, 3.05) is 20.6 Å². The van der Waals surface area contributed by atoms with Gasteiger partial charge >= 0.3 is 0 Å². The number of allylic oxidation sites excluding steroid dienone is 2. The number of hydrogen-bond donors (Lipinski definition) is 5. The maximum absolute atomic E-state index is 12.3. The number of carbonyl (C=O) groups excluding carboxylic acids is 2. The number of nitrogens with two attached hydrogens (primary N) is 1. The summed E-state index contributed by atoms with van der Waals surface area (Å²) in [5, 5.41) is 13.8. The molecule has 0 radical (unpaired) electrons. The molecule has 1 aromatic carbocycles. The summed E-state index contributed by atoms with van der Waals surface area (Å²) in [4.78, 5) is 24.6. The molecule has 1 aromatic rings. The fourth-order valence-corrected chi connectivity index (χ4v) is 5.34. The van der Waals surface area contributed by atoms with Gasteiger partial charge in [0.2, 0.25) is 0 Å². The summed E-state index contributed by atoms with van der Waals surface area (Å²) in [5.74, 6) is -0.0238. The van der Waals surface area contributed by atoms with Crippen LogP contribution in [-0.2, 0) is 16.6 Å². The van der Waals surface area contributed by atoms with Crippen LogP contribution in [0.15, 0.2) is 52.3 Å². The SMILES string of the molecule is CNC(=O)C1=CC2CCc3cc(C(=O)NC)ccc3C(CCN)(C3N=NNN3)C2C=C1. The largest absolute Gasteiger partial charge is 0.355 e. The number of amides is 2. The van der Waals surface area contributed by atoms with Gasteiger partial charge < -0.3 is 16.4 Å². The number of carbonyl (C=O) groups is 2. The summed E-state index contributed by atoms with van der Waals surface area (Å²) in [6.07, 6.45) is 8.08. The minimum Gasteiger partial charge on any atom is -0.355 e.